The van der Waals surface area contributed by atoms with E-state index >= 15 is 0 Å². The first-order valence-electron chi connectivity index (χ1n) is 4.30. The molecule has 0 aliphatic heterocycles. The Morgan fingerprint density at radius 2 is 1.47 bits per heavy atom. The normalized spacial score (nSPS) is 9.47. The van der Waals surface area contributed by atoms with Gasteiger partial charge in [0, 0.05) is 12.4 Å². The molecule has 0 radical (unpaired) electrons. The Balaban J connectivity index is 2.16. The van der Waals surface area contributed by atoms with Crippen molar-refractivity contribution in [3.8, 4) is 24.7 Å². The van der Waals surface area contributed by atoms with Crippen molar-refractivity contribution in [2.24, 2.45) is 0 Å². The third-order valence-corrected chi connectivity index (χ3v) is 1.89. The fourth-order valence-corrected chi connectivity index (χ4v) is 1.18. The van der Waals surface area contributed by atoms with Crippen LogP contribution in [0.1, 0.15) is 11.1 Å². The molecule has 2 aromatic heterocycles. The Morgan fingerprint density at radius 1 is 1.00 bits per heavy atom. The molecule has 0 spiro atoms. The van der Waals surface area contributed by atoms with E-state index in [1.165, 1.54) is 0 Å². The van der Waals surface area contributed by atoms with Crippen molar-refractivity contribution in [2.45, 2.75) is 6.67 Å². The average Bonchev–Trinajstić information content (AvgIpc) is 2.87. The van der Waals surface area contributed by atoms with E-state index in [4.69, 9.17) is 12.8 Å². The lowest BCUT2D eigenvalue weighted by Crippen LogP contribution is -2.08. The highest BCUT2D eigenvalue weighted by atomic mass is 15.4. The zero-order valence-corrected chi connectivity index (χ0v) is 7.96. The Bertz CT molecular complexity index is 497. The molecule has 0 saturated heterocycles. The summed E-state index contributed by atoms with van der Waals surface area (Å²) in [5.74, 6) is 5.01. The third-order valence-electron chi connectivity index (χ3n) is 1.89. The molecule has 2 aromatic rings. The summed E-state index contributed by atoms with van der Waals surface area (Å²) in [5.41, 5.74) is 1.50. The number of hydrogen-bond acceptors (Lipinski definition) is 2. The van der Waals surface area contributed by atoms with Gasteiger partial charge in [-0.15, -0.1) is 12.8 Å². The lowest BCUT2D eigenvalue weighted by molar-refractivity contribution is 0.503. The van der Waals surface area contributed by atoms with Crippen molar-refractivity contribution in [1.82, 2.24) is 19.6 Å². The minimum Gasteiger partial charge on any atom is -0.250 e. The summed E-state index contributed by atoms with van der Waals surface area (Å²) in [5, 5.41) is 8.16. The molecule has 0 unspecified atom stereocenters. The van der Waals surface area contributed by atoms with E-state index in [0.29, 0.717) is 6.67 Å². The summed E-state index contributed by atoms with van der Waals surface area (Å²) in [4.78, 5) is 0. The van der Waals surface area contributed by atoms with E-state index in [1.54, 1.807) is 34.2 Å². The van der Waals surface area contributed by atoms with Gasteiger partial charge >= 0.3 is 0 Å². The summed E-state index contributed by atoms with van der Waals surface area (Å²) in [6.45, 7) is 0.503. The molecule has 72 valence electrons. The van der Waals surface area contributed by atoms with Crippen molar-refractivity contribution in [1.29, 1.82) is 0 Å². The van der Waals surface area contributed by atoms with Gasteiger partial charge in [-0.25, -0.2) is 9.36 Å². The lowest BCUT2D eigenvalue weighted by Gasteiger charge is -1.99. The topological polar surface area (TPSA) is 35.6 Å². The molecule has 15 heavy (non-hydrogen) atoms. The van der Waals surface area contributed by atoms with Gasteiger partial charge in [-0.1, -0.05) is 11.8 Å². The molecule has 0 bridgehead atoms. The first kappa shape index (κ1) is 9.11. The van der Waals surface area contributed by atoms with E-state index in [1.807, 2.05) is 0 Å². The molecule has 0 aliphatic carbocycles. The van der Waals surface area contributed by atoms with Crippen molar-refractivity contribution >= 4 is 0 Å². The van der Waals surface area contributed by atoms with Crippen molar-refractivity contribution in [3.63, 3.8) is 0 Å². The molecule has 0 N–H and O–H groups in total. The Labute approximate surface area is 87.5 Å². The maximum absolute atomic E-state index is 5.23. The second kappa shape index (κ2) is 3.73. The van der Waals surface area contributed by atoms with Crippen LogP contribution in [-0.4, -0.2) is 19.6 Å². The molecule has 2 heterocycles. The third kappa shape index (κ3) is 1.90. The molecular weight excluding hydrogens is 188 g/mol. The van der Waals surface area contributed by atoms with E-state index in [9.17, 15) is 0 Å². The molecule has 2 rings (SSSR count). The van der Waals surface area contributed by atoms with Crippen LogP contribution in [0.25, 0.3) is 0 Å². The maximum atomic E-state index is 5.23. The van der Waals surface area contributed by atoms with E-state index in [-0.39, 0.29) is 0 Å². The molecule has 4 nitrogen and oxygen atoms in total. The molecule has 4 heteroatoms. The van der Waals surface area contributed by atoms with Gasteiger partial charge < -0.3 is 0 Å². The molecular formula is C11H8N4. The zero-order chi connectivity index (χ0) is 10.7. The molecule has 0 fully saturated rings. The van der Waals surface area contributed by atoms with Crippen molar-refractivity contribution in [2.75, 3.05) is 0 Å². The molecule has 0 atom stereocenters. The fraction of sp³-hybridized carbons (Fsp3) is 0.0909. The van der Waals surface area contributed by atoms with Crippen LogP contribution in [0.2, 0.25) is 0 Å². The highest BCUT2D eigenvalue weighted by Gasteiger charge is 1.98. The Morgan fingerprint density at radius 3 is 1.80 bits per heavy atom. The molecule has 0 saturated carbocycles. The predicted molar refractivity (Wildman–Crippen MR) is 55.7 cm³/mol. The Hall–Kier alpha value is -2.46. The second-order valence-electron chi connectivity index (χ2n) is 2.97. The largest absolute Gasteiger partial charge is 0.250 e. The lowest BCUT2D eigenvalue weighted by atomic mass is 10.4. The standard InChI is InChI=1S/C11H8N4/c1-3-10-5-12-14(7-10)9-15-8-11(4-2)6-13-15/h1-2,5-8H,9H2. The number of nitrogens with zero attached hydrogens (tertiary/aromatic N) is 4. The van der Waals surface area contributed by atoms with Crippen LogP contribution in [0.3, 0.4) is 0 Å². The van der Waals surface area contributed by atoms with E-state index < -0.39 is 0 Å². The first-order chi connectivity index (χ1) is 7.31. The van der Waals surface area contributed by atoms with E-state index in [0.717, 1.165) is 11.1 Å². The zero-order valence-electron chi connectivity index (χ0n) is 7.96. The highest BCUT2D eigenvalue weighted by molar-refractivity contribution is 5.27. The van der Waals surface area contributed by atoms with Crippen LogP contribution < -0.4 is 0 Å². The monoisotopic (exact) mass is 196 g/mol. The minimum absolute atomic E-state index is 0.503. The SMILES string of the molecule is C#Cc1cnn(Cn2cc(C#C)cn2)c1. The van der Waals surface area contributed by atoms with Gasteiger partial charge in [0.25, 0.3) is 0 Å². The van der Waals surface area contributed by atoms with Gasteiger partial charge in [0.1, 0.15) is 6.67 Å². The summed E-state index contributed by atoms with van der Waals surface area (Å²) >= 11 is 0. The van der Waals surface area contributed by atoms with Crippen LogP contribution in [0, 0.1) is 24.7 Å². The van der Waals surface area contributed by atoms with Crippen LogP contribution in [0.5, 0.6) is 0 Å². The number of aromatic nitrogens is 4. The summed E-state index contributed by atoms with van der Waals surface area (Å²) in [7, 11) is 0. The molecule has 0 aromatic carbocycles. The first-order valence-corrected chi connectivity index (χ1v) is 4.30. The van der Waals surface area contributed by atoms with Crippen LogP contribution >= 0.6 is 0 Å². The van der Waals surface area contributed by atoms with E-state index in [2.05, 4.69) is 22.0 Å². The highest BCUT2D eigenvalue weighted by Crippen LogP contribution is 1.98. The summed E-state index contributed by atoms with van der Waals surface area (Å²) in [6.07, 6.45) is 17.3. The molecule has 0 aliphatic rings. The average molecular weight is 196 g/mol. The van der Waals surface area contributed by atoms with Gasteiger partial charge in [-0.2, -0.15) is 10.2 Å². The van der Waals surface area contributed by atoms with Crippen LogP contribution in [-0.2, 0) is 6.67 Å². The van der Waals surface area contributed by atoms with Gasteiger partial charge in [0.15, 0.2) is 0 Å². The number of hydrogen-bond donors (Lipinski definition) is 0. The minimum atomic E-state index is 0.503. The maximum Gasteiger partial charge on any atom is 0.133 e. The summed E-state index contributed by atoms with van der Waals surface area (Å²) in [6, 6.07) is 0. The van der Waals surface area contributed by atoms with Gasteiger partial charge in [0.05, 0.1) is 23.5 Å². The molecule has 0 amide bonds. The second-order valence-corrected chi connectivity index (χ2v) is 2.97. The van der Waals surface area contributed by atoms with Crippen LogP contribution in [0.4, 0.5) is 0 Å². The van der Waals surface area contributed by atoms with Gasteiger partial charge in [-0.3, -0.25) is 0 Å². The van der Waals surface area contributed by atoms with Gasteiger partial charge in [-0.05, 0) is 0 Å². The van der Waals surface area contributed by atoms with Crippen molar-refractivity contribution in [3.05, 3.63) is 35.9 Å². The smallest absolute Gasteiger partial charge is 0.133 e. The summed E-state index contributed by atoms with van der Waals surface area (Å²) < 4.78 is 3.39. The number of rotatable bonds is 2. The fourth-order valence-electron chi connectivity index (χ4n) is 1.18. The van der Waals surface area contributed by atoms with Crippen molar-refractivity contribution < 1.29 is 0 Å². The Kier molecular flexibility index (Phi) is 2.26. The number of terminal acetylenes is 2. The van der Waals surface area contributed by atoms with Gasteiger partial charge in [0.2, 0.25) is 0 Å². The van der Waals surface area contributed by atoms with Crippen LogP contribution in [0.15, 0.2) is 24.8 Å². The predicted octanol–water partition coefficient (Wildman–Crippen LogP) is 0.548. The quantitative estimate of drug-likeness (QED) is 0.657.